The van der Waals surface area contributed by atoms with Crippen LogP contribution < -0.4 is 11.1 Å². The third-order valence-corrected chi connectivity index (χ3v) is 5.47. The lowest BCUT2D eigenvalue weighted by Gasteiger charge is -2.25. The molecular weight excluding hydrogens is 278 g/mol. The van der Waals surface area contributed by atoms with Gasteiger partial charge in [0.25, 0.3) is 0 Å². The first-order valence-electron chi connectivity index (χ1n) is 7.45. The van der Waals surface area contributed by atoms with Gasteiger partial charge in [-0.1, -0.05) is 19.8 Å². The van der Waals surface area contributed by atoms with Crippen LogP contribution in [-0.2, 0) is 14.8 Å². The molecule has 1 fully saturated rings. The van der Waals surface area contributed by atoms with Gasteiger partial charge in [0.15, 0.2) is 0 Å². The van der Waals surface area contributed by atoms with Gasteiger partial charge < -0.3 is 11.1 Å². The Hall–Kier alpha value is -0.660. The smallest absolute Gasteiger partial charge is 0.232 e. The van der Waals surface area contributed by atoms with E-state index in [0.717, 1.165) is 38.6 Å². The summed E-state index contributed by atoms with van der Waals surface area (Å²) >= 11 is 0. The van der Waals surface area contributed by atoms with E-state index < -0.39 is 15.9 Å². The van der Waals surface area contributed by atoms with Crippen LogP contribution in [0.2, 0.25) is 0 Å². The zero-order valence-electron chi connectivity index (χ0n) is 12.3. The van der Waals surface area contributed by atoms with E-state index >= 15 is 0 Å². The molecule has 0 aromatic carbocycles. The average Bonchev–Trinajstić information content (AvgIpc) is 2.42. The van der Waals surface area contributed by atoms with Gasteiger partial charge in [-0.3, -0.25) is 4.79 Å². The minimum absolute atomic E-state index is 0.0850. The van der Waals surface area contributed by atoms with Crippen molar-refractivity contribution >= 4 is 15.9 Å². The van der Waals surface area contributed by atoms with Crippen LogP contribution in [-0.4, -0.2) is 50.1 Å². The summed E-state index contributed by atoms with van der Waals surface area (Å²) < 4.78 is 25.8. The zero-order valence-corrected chi connectivity index (χ0v) is 13.1. The molecule has 0 spiro atoms. The molecule has 1 saturated heterocycles. The Balaban J connectivity index is 2.53. The molecular formula is C13H27N3O3S. The van der Waals surface area contributed by atoms with Crippen LogP contribution in [0.4, 0.5) is 0 Å². The van der Waals surface area contributed by atoms with Gasteiger partial charge in [-0.2, -0.15) is 4.31 Å². The minimum atomic E-state index is -3.40. The number of nitrogens with two attached hydrogens (primary N) is 1. The molecule has 0 aromatic heterocycles. The van der Waals surface area contributed by atoms with Gasteiger partial charge in [0.05, 0.1) is 12.3 Å². The van der Waals surface area contributed by atoms with Gasteiger partial charge in [0, 0.05) is 12.6 Å². The van der Waals surface area contributed by atoms with Crippen LogP contribution in [0.5, 0.6) is 0 Å². The third kappa shape index (κ3) is 6.19. The number of hydrogen-bond donors (Lipinski definition) is 2. The fraction of sp³-hybridized carbons (Fsp3) is 0.923. The summed E-state index contributed by atoms with van der Waals surface area (Å²) in [6, 6.07) is 0.278. The van der Waals surface area contributed by atoms with Crippen molar-refractivity contribution in [3.05, 3.63) is 0 Å². The third-order valence-electron chi connectivity index (χ3n) is 3.62. The maximum absolute atomic E-state index is 12.3. The van der Waals surface area contributed by atoms with E-state index in [1.54, 1.807) is 0 Å². The van der Waals surface area contributed by atoms with Crippen molar-refractivity contribution in [1.29, 1.82) is 0 Å². The SMILES string of the molecule is CCCCN(CC(N)=O)S(=O)(=O)CCC1CCCCN1. The molecule has 1 aliphatic rings. The summed E-state index contributed by atoms with van der Waals surface area (Å²) in [6.07, 6.45) is 5.57. The van der Waals surface area contributed by atoms with Crippen molar-refractivity contribution in [2.24, 2.45) is 5.73 Å². The van der Waals surface area contributed by atoms with Gasteiger partial charge in [-0.25, -0.2) is 8.42 Å². The molecule has 20 heavy (non-hydrogen) atoms. The maximum Gasteiger partial charge on any atom is 0.232 e. The predicted octanol–water partition coefficient (Wildman–Crippen LogP) is 0.436. The molecule has 6 nitrogen and oxygen atoms in total. The number of amides is 1. The van der Waals surface area contributed by atoms with Crippen LogP contribution in [0.25, 0.3) is 0 Å². The number of rotatable bonds is 9. The van der Waals surface area contributed by atoms with Gasteiger partial charge in [-0.05, 0) is 32.2 Å². The largest absolute Gasteiger partial charge is 0.369 e. The first kappa shape index (κ1) is 17.4. The molecule has 0 bridgehead atoms. The number of primary amides is 1. The highest BCUT2D eigenvalue weighted by atomic mass is 32.2. The summed E-state index contributed by atoms with van der Waals surface area (Å²) in [4.78, 5) is 11.0. The van der Waals surface area contributed by atoms with Crippen molar-refractivity contribution in [3.8, 4) is 0 Å². The van der Waals surface area contributed by atoms with E-state index in [1.165, 1.54) is 4.31 Å². The molecule has 1 rings (SSSR count). The molecule has 0 radical (unpaired) electrons. The molecule has 3 N–H and O–H groups in total. The summed E-state index contributed by atoms with van der Waals surface area (Å²) in [5.74, 6) is -0.512. The molecule has 0 aromatic rings. The maximum atomic E-state index is 12.3. The van der Waals surface area contributed by atoms with Gasteiger partial charge in [0.2, 0.25) is 15.9 Å². The highest BCUT2D eigenvalue weighted by Crippen LogP contribution is 2.13. The lowest BCUT2D eigenvalue weighted by Crippen LogP contribution is -2.42. The molecule has 0 saturated carbocycles. The molecule has 1 amide bonds. The highest BCUT2D eigenvalue weighted by molar-refractivity contribution is 7.89. The number of piperidine rings is 1. The number of carbonyl (C=O) groups excluding carboxylic acids is 1. The van der Waals surface area contributed by atoms with Crippen LogP contribution in [0.1, 0.15) is 45.4 Å². The Morgan fingerprint density at radius 3 is 2.70 bits per heavy atom. The number of hydrogen-bond acceptors (Lipinski definition) is 4. The Labute approximate surface area is 122 Å². The molecule has 1 atom stereocenters. The van der Waals surface area contributed by atoms with Crippen molar-refractivity contribution in [1.82, 2.24) is 9.62 Å². The minimum Gasteiger partial charge on any atom is -0.369 e. The average molecular weight is 305 g/mol. The van der Waals surface area contributed by atoms with Crippen LogP contribution in [0.3, 0.4) is 0 Å². The van der Waals surface area contributed by atoms with E-state index in [0.29, 0.717) is 13.0 Å². The summed E-state index contributed by atoms with van der Waals surface area (Å²) in [5.41, 5.74) is 5.14. The van der Waals surface area contributed by atoms with Crippen LogP contribution in [0, 0.1) is 0 Å². The van der Waals surface area contributed by atoms with Crippen LogP contribution in [0.15, 0.2) is 0 Å². The zero-order chi connectivity index (χ0) is 15.0. The number of carbonyl (C=O) groups is 1. The lowest BCUT2D eigenvalue weighted by atomic mass is 10.0. The Bertz CT molecular complexity index is 392. The Kier molecular flexibility index (Phi) is 7.47. The number of sulfonamides is 1. The molecule has 7 heteroatoms. The molecule has 1 aliphatic heterocycles. The van der Waals surface area contributed by atoms with Crippen LogP contribution >= 0.6 is 0 Å². The van der Waals surface area contributed by atoms with Gasteiger partial charge in [0.1, 0.15) is 0 Å². The van der Waals surface area contributed by atoms with Crippen molar-refractivity contribution in [2.75, 3.05) is 25.4 Å². The number of nitrogens with one attached hydrogen (secondary N) is 1. The van der Waals surface area contributed by atoms with Crippen molar-refractivity contribution in [2.45, 2.75) is 51.5 Å². The first-order valence-corrected chi connectivity index (χ1v) is 9.06. The van der Waals surface area contributed by atoms with E-state index in [-0.39, 0.29) is 18.3 Å². The standard InChI is InChI=1S/C13H27N3O3S/c1-2-3-9-16(11-13(14)17)20(18,19)10-7-12-6-4-5-8-15-12/h12,15H,2-11H2,1H3,(H2,14,17). The van der Waals surface area contributed by atoms with E-state index in [9.17, 15) is 13.2 Å². The van der Waals surface area contributed by atoms with Crippen molar-refractivity contribution < 1.29 is 13.2 Å². The summed E-state index contributed by atoms with van der Waals surface area (Å²) in [6.45, 7) is 3.12. The Morgan fingerprint density at radius 1 is 1.40 bits per heavy atom. The van der Waals surface area contributed by atoms with Crippen molar-refractivity contribution in [3.63, 3.8) is 0 Å². The Morgan fingerprint density at radius 2 is 2.15 bits per heavy atom. The topological polar surface area (TPSA) is 92.5 Å². The van der Waals surface area contributed by atoms with Gasteiger partial charge in [-0.15, -0.1) is 0 Å². The number of unbranched alkanes of at least 4 members (excludes halogenated alkanes) is 1. The molecule has 118 valence electrons. The summed E-state index contributed by atoms with van der Waals surface area (Å²) in [5, 5.41) is 3.34. The fourth-order valence-corrected chi connectivity index (χ4v) is 3.99. The van der Waals surface area contributed by atoms with Gasteiger partial charge >= 0.3 is 0 Å². The normalized spacial score (nSPS) is 20.2. The van der Waals surface area contributed by atoms with E-state index in [2.05, 4.69) is 5.32 Å². The van der Waals surface area contributed by atoms with E-state index in [1.807, 2.05) is 6.92 Å². The second-order valence-electron chi connectivity index (χ2n) is 5.40. The number of nitrogens with zero attached hydrogens (tertiary/aromatic N) is 1. The second kappa shape index (κ2) is 8.59. The fourth-order valence-electron chi connectivity index (χ4n) is 2.42. The quantitative estimate of drug-likeness (QED) is 0.646. The summed E-state index contributed by atoms with van der Waals surface area (Å²) in [7, 11) is -3.40. The molecule has 1 heterocycles. The molecule has 1 unspecified atom stereocenters. The first-order chi connectivity index (χ1) is 9.45. The monoisotopic (exact) mass is 305 g/mol. The van der Waals surface area contributed by atoms with E-state index in [4.69, 9.17) is 5.73 Å². The lowest BCUT2D eigenvalue weighted by molar-refractivity contribution is -0.118. The highest BCUT2D eigenvalue weighted by Gasteiger charge is 2.24. The second-order valence-corrected chi connectivity index (χ2v) is 7.49. The predicted molar refractivity (Wildman–Crippen MR) is 79.7 cm³/mol. The molecule has 0 aliphatic carbocycles.